The molecule has 1 aromatic carbocycles. The molecule has 0 bridgehead atoms. The molecule has 0 radical (unpaired) electrons. The van der Waals surface area contributed by atoms with Gasteiger partial charge in [-0.25, -0.2) is 4.98 Å². The SMILES string of the molecule is CCN(C(=O)c1nc(C(=O)NC2CCCC2)c2ccccn12)c1ccccc1. The predicted molar refractivity (Wildman–Crippen MR) is 109 cm³/mol. The number of nitrogens with zero attached hydrogens (tertiary/aromatic N) is 3. The third kappa shape index (κ3) is 3.38. The van der Waals surface area contributed by atoms with Crippen LogP contribution in [-0.4, -0.2) is 33.8 Å². The van der Waals surface area contributed by atoms with Gasteiger partial charge in [-0.05, 0) is 44.0 Å². The zero-order valence-electron chi connectivity index (χ0n) is 16.0. The van der Waals surface area contributed by atoms with Crippen LogP contribution >= 0.6 is 0 Å². The smallest absolute Gasteiger partial charge is 0.294 e. The first-order valence-corrected chi connectivity index (χ1v) is 9.84. The average molecular weight is 376 g/mol. The van der Waals surface area contributed by atoms with Gasteiger partial charge >= 0.3 is 0 Å². The molecule has 144 valence electrons. The van der Waals surface area contributed by atoms with Crippen LogP contribution in [0.4, 0.5) is 5.69 Å². The van der Waals surface area contributed by atoms with Crippen LogP contribution in [0.15, 0.2) is 54.7 Å². The van der Waals surface area contributed by atoms with Crippen LogP contribution in [-0.2, 0) is 0 Å². The van der Waals surface area contributed by atoms with Gasteiger partial charge in [0.1, 0.15) is 0 Å². The Morgan fingerprint density at radius 2 is 1.82 bits per heavy atom. The Morgan fingerprint density at radius 1 is 1.11 bits per heavy atom. The lowest BCUT2D eigenvalue weighted by molar-refractivity contribution is 0.0935. The number of imidazole rings is 1. The monoisotopic (exact) mass is 376 g/mol. The van der Waals surface area contributed by atoms with Crippen molar-refractivity contribution in [2.45, 2.75) is 38.6 Å². The highest BCUT2D eigenvalue weighted by atomic mass is 16.2. The molecule has 2 aromatic heterocycles. The lowest BCUT2D eigenvalue weighted by atomic mass is 10.2. The van der Waals surface area contributed by atoms with Crippen molar-refractivity contribution in [3.8, 4) is 0 Å². The average Bonchev–Trinajstić information content (AvgIpc) is 3.37. The molecule has 1 N–H and O–H groups in total. The molecule has 0 atom stereocenters. The Balaban J connectivity index is 1.71. The van der Waals surface area contributed by atoms with E-state index < -0.39 is 0 Å². The Morgan fingerprint density at radius 3 is 2.54 bits per heavy atom. The fourth-order valence-electron chi connectivity index (χ4n) is 3.85. The third-order valence-corrected chi connectivity index (χ3v) is 5.27. The number of anilines is 1. The van der Waals surface area contributed by atoms with Crippen molar-refractivity contribution < 1.29 is 9.59 Å². The van der Waals surface area contributed by atoms with E-state index in [1.165, 1.54) is 0 Å². The molecule has 0 spiro atoms. The van der Waals surface area contributed by atoms with Gasteiger partial charge in [0.15, 0.2) is 5.69 Å². The van der Waals surface area contributed by atoms with Gasteiger partial charge in [0.2, 0.25) is 5.82 Å². The normalized spacial score (nSPS) is 14.3. The number of rotatable bonds is 5. The molecule has 6 nitrogen and oxygen atoms in total. The van der Waals surface area contributed by atoms with Crippen molar-refractivity contribution in [2.75, 3.05) is 11.4 Å². The minimum Gasteiger partial charge on any atom is -0.348 e. The topological polar surface area (TPSA) is 66.7 Å². The zero-order chi connectivity index (χ0) is 19.5. The summed E-state index contributed by atoms with van der Waals surface area (Å²) in [5.74, 6) is -0.190. The fraction of sp³-hybridized carbons (Fsp3) is 0.318. The van der Waals surface area contributed by atoms with Crippen LogP contribution in [0.25, 0.3) is 5.52 Å². The number of pyridine rings is 1. The highest BCUT2D eigenvalue weighted by molar-refractivity contribution is 6.07. The van der Waals surface area contributed by atoms with Crippen LogP contribution in [0.5, 0.6) is 0 Å². The maximum Gasteiger partial charge on any atom is 0.294 e. The molecule has 0 aliphatic heterocycles. The molecule has 4 rings (SSSR count). The number of hydrogen-bond donors (Lipinski definition) is 1. The number of carbonyl (C=O) groups excluding carboxylic acids is 2. The number of amides is 2. The van der Waals surface area contributed by atoms with E-state index in [1.807, 2.05) is 55.5 Å². The summed E-state index contributed by atoms with van der Waals surface area (Å²) in [6, 6.07) is 15.2. The summed E-state index contributed by atoms with van der Waals surface area (Å²) in [4.78, 5) is 32.3. The lowest BCUT2D eigenvalue weighted by Crippen LogP contribution is -2.33. The van der Waals surface area contributed by atoms with Crippen molar-refractivity contribution in [3.63, 3.8) is 0 Å². The van der Waals surface area contributed by atoms with E-state index in [0.717, 1.165) is 31.4 Å². The number of para-hydroxylation sites is 1. The minimum atomic E-state index is -0.227. The van der Waals surface area contributed by atoms with E-state index in [1.54, 1.807) is 15.5 Å². The second-order valence-electron chi connectivity index (χ2n) is 7.08. The van der Waals surface area contributed by atoms with Crippen LogP contribution in [0.3, 0.4) is 0 Å². The second-order valence-corrected chi connectivity index (χ2v) is 7.08. The van der Waals surface area contributed by atoms with E-state index in [4.69, 9.17) is 0 Å². The Kier molecular flexibility index (Phi) is 5.10. The van der Waals surface area contributed by atoms with Gasteiger partial charge in [0.05, 0.1) is 5.52 Å². The van der Waals surface area contributed by atoms with E-state index in [0.29, 0.717) is 17.8 Å². The van der Waals surface area contributed by atoms with E-state index >= 15 is 0 Å². The first kappa shape index (κ1) is 18.2. The van der Waals surface area contributed by atoms with Gasteiger partial charge in [0.25, 0.3) is 11.8 Å². The number of carbonyl (C=O) groups is 2. The predicted octanol–water partition coefficient (Wildman–Crippen LogP) is 3.67. The largest absolute Gasteiger partial charge is 0.348 e. The summed E-state index contributed by atoms with van der Waals surface area (Å²) in [5, 5.41) is 3.07. The molecule has 0 saturated heterocycles. The minimum absolute atomic E-state index is 0.198. The summed E-state index contributed by atoms with van der Waals surface area (Å²) in [5.41, 5.74) is 1.75. The molecular weight excluding hydrogens is 352 g/mol. The highest BCUT2D eigenvalue weighted by Crippen LogP contribution is 2.21. The van der Waals surface area contributed by atoms with Gasteiger partial charge < -0.3 is 10.2 Å². The third-order valence-electron chi connectivity index (χ3n) is 5.27. The summed E-state index contributed by atoms with van der Waals surface area (Å²) < 4.78 is 1.71. The molecule has 1 fully saturated rings. The molecule has 3 aromatic rings. The zero-order valence-corrected chi connectivity index (χ0v) is 16.0. The molecule has 1 saturated carbocycles. The quantitative estimate of drug-likeness (QED) is 0.739. The van der Waals surface area contributed by atoms with Gasteiger partial charge in [-0.3, -0.25) is 14.0 Å². The van der Waals surface area contributed by atoms with E-state index in [9.17, 15) is 9.59 Å². The number of nitrogens with one attached hydrogen (secondary N) is 1. The summed E-state index contributed by atoms with van der Waals surface area (Å²) in [6.07, 6.45) is 6.06. The van der Waals surface area contributed by atoms with Crippen molar-refractivity contribution >= 4 is 23.0 Å². The number of hydrogen-bond acceptors (Lipinski definition) is 3. The Hall–Kier alpha value is -3.15. The summed E-state index contributed by atoms with van der Waals surface area (Å²) >= 11 is 0. The first-order valence-electron chi connectivity index (χ1n) is 9.84. The molecule has 1 aliphatic rings. The standard InChI is InChI=1S/C22H24N4O2/c1-2-25(17-12-4-3-5-13-17)22(28)20-24-19(18-14-8-9-15-26(18)20)21(27)23-16-10-6-7-11-16/h3-5,8-9,12-16H,2,6-7,10-11H2,1H3,(H,23,27). The van der Waals surface area contributed by atoms with Gasteiger partial charge in [-0.2, -0.15) is 0 Å². The van der Waals surface area contributed by atoms with Crippen molar-refractivity contribution in [2.24, 2.45) is 0 Å². The molecule has 6 heteroatoms. The fourth-order valence-corrected chi connectivity index (χ4v) is 3.85. The van der Waals surface area contributed by atoms with Crippen LogP contribution in [0.2, 0.25) is 0 Å². The maximum absolute atomic E-state index is 13.3. The summed E-state index contributed by atoms with van der Waals surface area (Å²) in [7, 11) is 0. The van der Waals surface area contributed by atoms with Crippen molar-refractivity contribution in [1.82, 2.24) is 14.7 Å². The molecular formula is C22H24N4O2. The first-order chi connectivity index (χ1) is 13.7. The van der Waals surface area contributed by atoms with Crippen LogP contribution in [0.1, 0.15) is 53.7 Å². The molecule has 0 unspecified atom stereocenters. The molecule has 28 heavy (non-hydrogen) atoms. The number of aromatic nitrogens is 2. The van der Waals surface area contributed by atoms with Gasteiger partial charge in [-0.15, -0.1) is 0 Å². The molecule has 2 amide bonds. The van der Waals surface area contributed by atoms with E-state index in [2.05, 4.69) is 10.3 Å². The number of benzene rings is 1. The van der Waals surface area contributed by atoms with Gasteiger partial charge in [0, 0.05) is 24.5 Å². The van der Waals surface area contributed by atoms with Crippen LogP contribution < -0.4 is 10.2 Å². The van der Waals surface area contributed by atoms with E-state index in [-0.39, 0.29) is 23.7 Å². The second kappa shape index (κ2) is 7.84. The maximum atomic E-state index is 13.3. The summed E-state index contributed by atoms with van der Waals surface area (Å²) in [6.45, 7) is 2.43. The molecule has 1 aliphatic carbocycles. The lowest BCUT2D eigenvalue weighted by Gasteiger charge is -2.20. The van der Waals surface area contributed by atoms with Crippen LogP contribution in [0, 0.1) is 0 Å². The Bertz CT molecular complexity index is 990. The van der Waals surface area contributed by atoms with Gasteiger partial charge in [-0.1, -0.05) is 37.1 Å². The highest BCUT2D eigenvalue weighted by Gasteiger charge is 2.27. The van der Waals surface area contributed by atoms with Crippen molar-refractivity contribution in [1.29, 1.82) is 0 Å². The number of fused-ring (bicyclic) bond motifs is 1. The molecule has 2 heterocycles. The Labute approximate surface area is 164 Å². The van der Waals surface area contributed by atoms with Crippen molar-refractivity contribution in [3.05, 3.63) is 66.2 Å².